The number of hydrogen-bond acceptors (Lipinski definition) is 3. The smallest absolute Gasteiger partial charge is 0.161 e. The third-order valence-corrected chi connectivity index (χ3v) is 2.93. The van der Waals surface area contributed by atoms with Crippen LogP contribution in [0.4, 0.5) is 0 Å². The molecule has 1 aliphatic heterocycles. The fraction of sp³-hybridized carbons (Fsp3) is 0.400. The summed E-state index contributed by atoms with van der Waals surface area (Å²) >= 11 is 0. The molecular weight excluding hydrogens is 240 g/mol. The SMILES string of the molecule is COc1cc2c(cc1OC)CC(=NC(C)C)NC=C2. The standard InChI is InChI=1S/C15H20N2O2/c1-10(2)17-15-9-12-8-14(19-4)13(18-3)7-11(12)5-6-16-15/h5-8,10H,9H2,1-4H3,(H,16,17). The van der Waals surface area contributed by atoms with Crippen LogP contribution in [0.2, 0.25) is 0 Å². The Morgan fingerprint density at radius 1 is 1.16 bits per heavy atom. The van der Waals surface area contributed by atoms with Crippen molar-refractivity contribution in [1.29, 1.82) is 0 Å². The van der Waals surface area contributed by atoms with E-state index >= 15 is 0 Å². The van der Waals surface area contributed by atoms with Crippen molar-refractivity contribution >= 4 is 11.9 Å². The molecule has 0 unspecified atom stereocenters. The Hall–Kier alpha value is -1.97. The first-order valence-corrected chi connectivity index (χ1v) is 6.38. The number of nitrogens with one attached hydrogen (secondary N) is 1. The van der Waals surface area contributed by atoms with E-state index in [1.165, 1.54) is 5.56 Å². The van der Waals surface area contributed by atoms with E-state index in [9.17, 15) is 0 Å². The second-order valence-corrected chi connectivity index (χ2v) is 4.73. The summed E-state index contributed by atoms with van der Waals surface area (Å²) in [6.45, 7) is 4.14. The Bertz CT molecular complexity index is 519. The number of hydrogen-bond donors (Lipinski definition) is 1. The third-order valence-electron chi connectivity index (χ3n) is 2.93. The van der Waals surface area contributed by atoms with E-state index < -0.39 is 0 Å². The number of aliphatic imine (C=N–C) groups is 1. The predicted octanol–water partition coefficient (Wildman–Crippen LogP) is 2.63. The van der Waals surface area contributed by atoms with Crippen molar-refractivity contribution in [3.63, 3.8) is 0 Å². The minimum absolute atomic E-state index is 0.276. The lowest BCUT2D eigenvalue weighted by Gasteiger charge is -2.12. The van der Waals surface area contributed by atoms with Crippen LogP contribution in [0.15, 0.2) is 23.3 Å². The Labute approximate surface area is 114 Å². The van der Waals surface area contributed by atoms with Gasteiger partial charge in [0.05, 0.1) is 14.2 Å². The van der Waals surface area contributed by atoms with Gasteiger partial charge in [0.2, 0.25) is 0 Å². The summed E-state index contributed by atoms with van der Waals surface area (Å²) in [7, 11) is 3.30. The molecule has 0 aromatic heterocycles. The molecular formula is C15H20N2O2. The summed E-state index contributed by atoms with van der Waals surface area (Å²) < 4.78 is 10.7. The summed E-state index contributed by atoms with van der Waals surface area (Å²) in [5.41, 5.74) is 2.30. The Morgan fingerprint density at radius 2 is 1.84 bits per heavy atom. The van der Waals surface area contributed by atoms with Crippen LogP contribution in [0.1, 0.15) is 25.0 Å². The van der Waals surface area contributed by atoms with Crippen LogP contribution in [0.3, 0.4) is 0 Å². The van der Waals surface area contributed by atoms with Gasteiger partial charge in [-0.25, -0.2) is 0 Å². The van der Waals surface area contributed by atoms with Gasteiger partial charge in [0.25, 0.3) is 0 Å². The van der Waals surface area contributed by atoms with Crippen molar-refractivity contribution in [2.75, 3.05) is 14.2 Å². The fourth-order valence-corrected chi connectivity index (χ4v) is 2.10. The molecule has 0 fully saturated rings. The number of benzene rings is 1. The monoisotopic (exact) mass is 260 g/mol. The van der Waals surface area contributed by atoms with E-state index in [1.807, 2.05) is 24.4 Å². The molecule has 2 rings (SSSR count). The van der Waals surface area contributed by atoms with Gasteiger partial charge in [-0.05, 0) is 43.2 Å². The first-order chi connectivity index (χ1) is 9.13. The summed E-state index contributed by atoms with van der Waals surface area (Å²) in [6, 6.07) is 4.28. The van der Waals surface area contributed by atoms with Gasteiger partial charge in [-0.2, -0.15) is 0 Å². The normalized spacial score (nSPS) is 15.9. The molecule has 102 valence electrons. The number of ether oxygens (including phenoxy) is 2. The van der Waals surface area contributed by atoms with E-state index in [0.29, 0.717) is 0 Å². The minimum Gasteiger partial charge on any atom is -0.493 e. The summed E-state index contributed by atoms with van der Waals surface area (Å²) in [4.78, 5) is 4.58. The molecule has 1 aromatic carbocycles. The van der Waals surface area contributed by atoms with Crippen LogP contribution in [0.5, 0.6) is 11.5 Å². The highest BCUT2D eigenvalue weighted by molar-refractivity contribution is 5.88. The Balaban J connectivity index is 2.42. The number of rotatable bonds is 3. The zero-order chi connectivity index (χ0) is 13.8. The van der Waals surface area contributed by atoms with Gasteiger partial charge in [-0.1, -0.05) is 0 Å². The van der Waals surface area contributed by atoms with Crippen molar-refractivity contribution in [2.45, 2.75) is 26.3 Å². The lowest BCUT2D eigenvalue weighted by molar-refractivity contribution is 0.354. The molecule has 0 spiro atoms. The van der Waals surface area contributed by atoms with Gasteiger partial charge < -0.3 is 14.8 Å². The highest BCUT2D eigenvalue weighted by atomic mass is 16.5. The number of fused-ring (bicyclic) bond motifs is 1. The van der Waals surface area contributed by atoms with Crippen LogP contribution in [-0.2, 0) is 6.42 Å². The quantitative estimate of drug-likeness (QED) is 0.908. The van der Waals surface area contributed by atoms with E-state index in [4.69, 9.17) is 9.47 Å². The number of amidine groups is 1. The molecule has 1 N–H and O–H groups in total. The van der Waals surface area contributed by atoms with Crippen LogP contribution >= 0.6 is 0 Å². The summed E-state index contributed by atoms with van der Waals surface area (Å²) in [5.74, 6) is 2.47. The van der Waals surface area contributed by atoms with Crippen LogP contribution < -0.4 is 14.8 Å². The van der Waals surface area contributed by atoms with Crippen molar-refractivity contribution in [3.05, 3.63) is 29.5 Å². The molecule has 0 bridgehead atoms. The van der Waals surface area contributed by atoms with Gasteiger partial charge >= 0.3 is 0 Å². The lowest BCUT2D eigenvalue weighted by Crippen LogP contribution is -2.20. The molecule has 1 aromatic rings. The average Bonchev–Trinajstić information content (AvgIpc) is 2.57. The van der Waals surface area contributed by atoms with E-state index in [2.05, 4.69) is 24.2 Å². The second kappa shape index (κ2) is 5.78. The van der Waals surface area contributed by atoms with Crippen molar-refractivity contribution < 1.29 is 9.47 Å². The van der Waals surface area contributed by atoms with Gasteiger partial charge in [-0.15, -0.1) is 0 Å². The van der Waals surface area contributed by atoms with E-state index in [1.54, 1.807) is 14.2 Å². The molecule has 1 aliphatic rings. The first-order valence-electron chi connectivity index (χ1n) is 6.38. The molecule has 0 saturated carbocycles. The van der Waals surface area contributed by atoms with E-state index in [-0.39, 0.29) is 6.04 Å². The minimum atomic E-state index is 0.276. The van der Waals surface area contributed by atoms with Crippen molar-refractivity contribution in [3.8, 4) is 11.5 Å². The third kappa shape index (κ3) is 3.08. The Kier molecular flexibility index (Phi) is 4.10. The number of nitrogens with zero attached hydrogens (tertiary/aromatic N) is 1. The van der Waals surface area contributed by atoms with Crippen LogP contribution in [0.25, 0.3) is 6.08 Å². The maximum Gasteiger partial charge on any atom is 0.161 e. The van der Waals surface area contributed by atoms with Gasteiger partial charge in [0.15, 0.2) is 11.5 Å². The molecule has 0 aliphatic carbocycles. The topological polar surface area (TPSA) is 42.9 Å². The van der Waals surface area contributed by atoms with Crippen molar-refractivity contribution in [1.82, 2.24) is 5.32 Å². The molecule has 0 saturated heterocycles. The largest absolute Gasteiger partial charge is 0.493 e. The maximum atomic E-state index is 5.35. The fourth-order valence-electron chi connectivity index (χ4n) is 2.10. The predicted molar refractivity (Wildman–Crippen MR) is 78.0 cm³/mol. The zero-order valence-corrected chi connectivity index (χ0v) is 11.9. The first kappa shape index (κ1) is 13.5. The Morgan fingerprint density at radius 3 is 2.47 bits per heavy atom. The molecule has 0 atom stereocenters. The summed E-state index contributed by atoms with van der Waals surface area (Å²) in [6.07, 6.45) is 4.71. The summed E-state index contributed by atoms with van der Waals surface area (Å²) in [5, 5.41) is 3.22. The molecule has 19 heavy (non-hydrogen) atoms. The molecule has 4 nitrogen and oxygen atoms in total. The second-order valence-electron chi connectivity index (χ2n) is 4.73. The highest BCUT2D eigenvalue weighted by Gasteiger charge is 2.13. The highest BCUT2D eigenvalue weighted by Crippen LogP contribution is 2.32. The number of methoxy groups -OCH3 is 2. The van der Waals surface area contributed by atoms with Gasteiger partial charge in [0.1, 0.15) is 5.84 Å². The van der Waals surface area contributed by atoms with E-state index in [0.717, 1.165) is 29.3 Å². The van der Waals surface area contributed by atoms with Gasteiger partial charge in [-0.3, -0.25) is 4.99 Å². The lowest BCUT2D eigenvalue weighted by atomic mass is 10.0. The average molecular weight is 260 g/mol. The van der Waals surface area contributed by atoms with Crippen molar-refractivity contribution in [2.24, 2.45) is 4.99 Å². The zero-order valence-electron chi connectivity index (χ0n) is 11.9. The van der Waals surface area contributed by atoms with Gasteiger partial charge in [0, 0.05) is 18.7 Å². The molecule has 0 radical (unpaired) electrons. The van der Waals surface area contributed by atoms with Crippen LogP contribution in [0, 0.1) is 0 Å². The maximum absolute atomic E-state index is 5.35. The molecule has 4 heteroatoms. The molecule has 0 amide bonds. The van der Waals surface area contributed by atoms with Crippen LogP contribution in [-0.4, -0.2) is 26.1 Å². The molecule has 1 heterocycles.